The maximum Gasteiger partial charge on any atom is 0.151 e. The molecule has 0 amide bonds. The molecule has 0 aliphatic heterocycles. The van der Waals surface area contributed by atoms with Crippen LogP contribution in [0.1, 0.15) is 41.3 Å². The van der Waals surface area contributed by atoms with Crippen LogP contribution >= 0.6 is 11.3 Å². The van der Waals surface area contributed by atoms with Gasteiger partial charge < -0.3 is 0 Å². The summed E-state index contributed by atoms with van der Waals surface area (Å²) in [5.41, 5.74) is 1.08. The van der Waals surface area contributed by atoms with Crippen molar-refractivity contribution in [1.29, 1.82) is 0 Å². The molecule has 2 rings (SSSR count). The minimum absolute atomic E-state index is 0.139. The first kappa shape index (κ1) is 15.9. The number of aryl methyl sites for hydroxylation is 2. The van der Waals surface area contributed by atoms with E-state index in [9.17, 15) is 8.42 Å². The Kier molecular flexibility index (Phi) is 4.87. The first-order valence-corrected chi connectivity index (χ1v) is 9.88. The highest BCUT2D eigenvalue weighted by atomic mass is 32.2. The molecular weight excluding hydrogens is 292 g/mol. The van der Waals surface area contributed by atoms with Crippen LogP contribution in [0.3, 0.4) is 0 Å². The summed E-state index contributed by atoms with van der Waals surface area (Å²) in [5, 5.41) is 0.866. The minimum atomic E-state index is -2.97. The molecule has 0 N–H and O–H groups in total. The van der Waals surface area contributed by atoms with E-state index in [1.54, 1.807) is 11.3 Å². The van der Waals surface area contributed by atoms with E-state index in [-0.39, 0.29) is 11.3 Å². The van der Waals surface area contributed by atoms with Crippen molar-refractivity contribution in [2.45, 2.75) is 57.4 Å². The number of aromatic nitrogens is 1. The first-order chi connectivity index (χ1) is 9.29. The van der Waals surface area contributed by atoms with Gasteiger partial charge in [0.15, 0.2) is 9.84 Å². The van der Waals surface area contributed by atoms with E-state index in [1.165, 1.54) is 11.1 Å². The third-order valence-corrected chi connectivity index (χ3v) is 6.88. The van der Waals surface area contributed by atoms with Gasteiger partial charge in [0.1, 0.15) is 0 Å². The van der Waals surface area contributed by atoms with Crippen molar-refractivity contribution in [3.63, 3.8) is 0 Å². The Morgan fingerprint density at radius 3 is 2.50 bits per heavy atom. The van der Waals surface area contributed by atoms with E-state index in [0.29, 0.717) is 0 Å². The molecular formula is C14H24N2O2S2. The quantitative estimate of drug-likeness (QED) is 0.856. The third-order valence-electron chi connectivity index (χ3n) is 4.18. The van der Waals surface area contributed by atoms with Crippen molar-refractivity contribution in [3.05, 3.63) is 15.6 Å². The molecule has 114 valence electrons. The van der Waals surface area contributed by atoms with Gasteiger partial charge in [-0.3, -0.25) is 4.90 Å². The maximum atomic E-state index is 12.0. The fourth-order valence-electron chi connectivity index (χ4n) is 3.14. The standard InChI is InChI=1S/C14H24N2O2S2/c1-10-13(19-11(2)15-10)9-16(3)12-7-5-6-8-14(12)20(4,17)18/h12,14H,5-9H2,1-4H3/t12-,14-/m1/s1. The van der Waals surface area contributed by atoms with Crippen molar-refractivity contribution in [3.8, 4) is 0 Å². The SMILES string of the molecule is Cc1nc(C)c(CN(C)[C@@H]2CCCC[C@H]2S(C)(=O)=O)s1. The largest absolute Gasteiger partial charge is 0.297 e. The number of rotatable bonds is 4. The second-order valence-electron chi connectivity index (χ2n) is 5.88. The van der Waals surface area contributed by atoms with Gasteiger partial charge in [0.05, 0.1) is 16.0 Å². The van der Waals surface area contributed by atoms with E-state index in [2.05, 4.69) is 9.88 Å². The summed E-state index contributed by atoms with van der Waals surface area (Å²) in [6.07, 6.45) is 5.31. The Hall–Kier alpha value is -0.460. The maximum absolute atomic E-state index is 12.0. The molecule has 2 atom stereocenters. The van der Waals surface area contributed by atoms with Crippen LogP contribution in [0.2, 0.25) is 0 Å². The molecule has 1 aromatic heterocycles. The van der Waals surface area contributed by atoms with Crippen molar-refractivity contribution < 1.29 is 8.42 Å². The van der Waals surface area contributed by atoms with Gasteiger partial charge >= 0.3 is 0 Å². The molecule has 1 aromatic rings. The summed E-state index contributed by atoms with van der Waals surface area (Å²) in [6.45, 7) is 4.84. The molecule has 0 spiro atoms. The van der Waals surface area contributed by atoms with Gasteiger partial charge in [0.25, 0.3) is 0 Å². The Morgan fingerprint density at radius 2 is 1.95 bits per heavy atom. The molecule has 4 nitrogen and oxygen atoms in total. The monoisotopic (exact) mass is 316 g/mol. The van der Waals surface area contributed by atoms with Crippen molar-refractivity contribution >= 4 is 21.2 Å². The number of thiazole rings is 1. The fourth-order valence-corrected chi connectivity index (χ4v) is 5.65. The van der Waals surface area contributed by atoms with Crippen LogP contribution in [-0.4, -0.2) is 42.9 Å². The van der Waals surface area contributed by atoms with Gasteiger partial charge in [-0.15, -0.1) is 11.3 Å². The van der Waals surface area contributed by atoms with E-state index in [4.69, 9.17) is 0 Å². The second-order valence-corrected chi connectivity index (χ2v) is 9.43. The van der Waals surface area contributed by atoms with Gasteiger partial charge in [0, 0.05) is 23.7 Å². The van der Waals surface area contributed by atoms with E-state index in [1.807, 2.05) is 20.9 Å². The zero-order chi connectivity index (χ0) is 14.9. The molecule has 1 aliphatic carbocycles. The van der Waals surface area contributed by atoms with Crippen molar-refractivity contribution in [2.75, 3.05) is 13.3 Å². The first-order valence-electron chi connectivity index (χ1n) is 7.11. The Balaban J connectivity index is 2.14. The summed E-state index contributed by atoms with van der Waals surface area (Å²) in [6, 6.07) is 0.139. The minimum Gasteiger partial charge on any atom is -0.297 e. The fraction of sp³-hybridized carbons (Fsp3) is 0.786. The Labute approximate surface area is 126 Å². The lowest BCUT2D eigenvalue weighted by Crippen LogP contribution is -2.46. The molecule has 1 fully saturated rings. The molecule has 1 heterocycles. The lowest BCUT2D eigenvalue weighted by molar-refractivity contribution is 0.188. The van der Waals surface area contributed by atoms with E-state index >= 15 is 0 Å². The third kappa shape index (κ3) is 3.59. The van der Waals surface area contributed by atoms with E-state index < -0.39 is 9.84 Å². The normalized spacial score (nSPS) is 24.2. The smallest absolute Gasteiger partial charge is 0.151 e. The summed E-state index contributed by atoms with van der Waals surface area (Å²) in [5.74, 6) is 0. The van der Waals surface area contributed by atoms with Crippen LogP contribution in [0.15, 0.2) is 0 Å². The summed E-state index contributed by atoms with van der Waals surface area (Å²) in [7, 11) is -0.927. The summed E-state index contributed by atoms with van der Waals surface area (Å²) in [4.78, 5) is 7.92. The molecule has 0 aromatic carbocycles. The van der Waals surface area contributed by atoms with Gasteiger partial charge in [0.2, 0.25) is 0 Å². The topological polar surface area (TPSA) is 50.3 Å². The predicted octanol–water partition coefficient (Wildman–Crippen LogP) is 2.55. The molecule has 0 saturated heterocycles. The van der Waals surface area contributed by atoms with Gasteiger partial charge in [-0.2, -0.15) is 0 Å². The van der Waals surface area contributed by atoms with Crippen LogP contribution in [0, 0.1) is 13.8 Å². The van der Waals surface area contributed by atoms with Crippen LogP contribution in [-0.2, 0) is 16.4 Å². The number of sulfone groups is 1. The number of nitrogens with zero attached hydrogens (tertiary/aromatic N) is 2. The molecule has 20 heavy (non-hydrogen) atoms. The number of hydrogen-bond acceptors (Lipinski definition) is 5. The average Bonchev–Trinajstić information content (AvgIpc) is 2.66. The molecule has 6 heteroatoms. The summed E-state index contributed by atoms with van der Waals surface area (Å²) >= 11 is 1.71. The Morgan fingerprint density at radius 1 is 1.30 bits per heavy atom. The molecule has 1 aliphatic rings. The van der Waals surface area contributed by atoms with Crippen molar-refractivity contribution in [2.24, 2.45) is 0 Å². The highest BCUT2D eigenvalue weighted by Gasteiger charge is 2.35. The zero-order valence-electron chi connectivity index (χ0n) is 12.7. The summed E-state index contributed by atoms with van der Waals surface area (Å²) < 4.78 is 24.0. The van der Waals surface area contributed by atoms with Crippen LogP contribution < -0.4 is 0 Å². The molecule has 0 radical (unpaired) electrons. The highest BCUT2D eigenvalue weighted by molar-refractivity contribution is 7.91. The van der Waals surface area contributed by atoms with Gasteiger partial charge in [-0.1, -0.05) is 12.8 Å². The highest BCUT2D eigenvalue weighted by Crippen LogP contribution is 2.29. The van der Waals surface area contributed by atoms with Crippen LogP contribution in [0.25, 0.3) is 0 Å². The zero-order valence-corrected chi connectivity index (χ0v) is 14.4. The molecule has 0 unspecified atom stereocenters. The predicted molar refractivity (Wildman–Crippen MR) is 83.9 cm³/mol. The van der Waals surface area contributed by atoms with Gasteiger partial charge in [-0.25, -0.2) is 13.4 Å². The lowest BCUT2D eigenvalue weighted by atomic mass is 9.94. The van der Waals surface area contributed by atoms with Crippen molar-refractivity contribution in [1.82, 2.24) is 9.88 Å². The Bertz CT molecular complexity index is 566. The van der Waals surface area contributed by atoms with Gasteiger partial charge in [-0.05, 0) is 33.7 Å². The molecule has 0 bridgehead atoms. The average molecular weight is 316 g/mol. The molecule has 1 saturated carbocycles. The van der Waals surface area contributed by atoms with Crippen LogP contribution in [0.4, 0.5) is 0 Å². The van der Waals surface area contributed by atoms with E-state index in [0.717, 1.165) is 42.9 Å². The lowest BCUT2D eigenvalue weighted by Gasteiger charge is -2.36. The second kappa shape index (κ2) is 6.12. The van der Waals surface area contributed by atoms with Crippen LogP contribution in [0.5, 0.6) is 0 Å². The number of hydrogen-bond donors (Lipinski definition) is 0.